The van der Waals surface area contributed by atoms with Gasteiger partial charge in [-0.05, 0) is 60.7 Å². The van der Waals surface area contributed by atoms with Gasteiger partial charge in [-0.15, -0.1) is 0 Å². The Kier molecular flexibility index (Phi) is 11.8. The van der Waals surface area contributed by atoms with Gasteiger partial charge in [0.25, 0.3) is 0 Å². The van der Waals surface area contributed by atoms with E-state index in [1.165, 1.54) is 19.4 Å². The molecule has 18 heavy (non-hydrogen) atoms. The van der Waals surface area contributed by atoms with E-state index in [-0.39, 0.29) is 6.29 Å². The standard InChI is InChI=1S/C14H32N2O2/c1-6-17-14(18-7-2)12-15-10-8-9-11-16(5)13(3)4/h13-15H,6-12H2,1-5H3. The van der Waals surface area contributed by atoms with Crippen LogP contribution in [0.15, 0.2) is 0 Å². The van der Waals surface area contributed by atoms with Crippen LogP contribution in [0.1, 0.15) is 40.5 Å². The van der Waals surface area contributed by atoms with Crippen LogP contribution in [-0.2, 0) is 9.47 Å². The number of rotatable bonds is 12. The van der Waals surface area contributed by atoms with E-state index in [1.807, 2.05) is 13.8 Å². The van der Waals surface area contributed by atoms with Gasteiger partial charge < -0.3 is 19.7 Å². The third kappa shape index (κ3) is 9.83. The second-order valence-electron chi connectivity index (χ2n) is 4.83. The molecule has 0 amide bonds. The molecule has 4 heteroatoms. The van der Waals surface area contributed by atoms with Crippen molar-refractivity contribution in [2.24, 2.45) is 0 Å². The number of hydrogen-bond donors (Lipinski definition) is 1. The Morgan fingerprint density at radius 1 is 1.06 bits per heavy atom. The van der Waals surface area contributed by atoms with Gasteiger partial charge in [-0.2, -0.15) is 0 Å². The minimum absolute atomic E-state index is 0.0988. The van der Waals surface area contributed by atoms with E-state index in [2.05, 4.69) is 31.1 Å². The molecule has 0 unspecified atom stereocenters. The number of unbranched alkanes of at least 4 members (excludes halogenated alkanes) is 1. The summed E-state index contributed by atoms with van der Waals surface area (Å²) in [5.74, 6) is 0. The fraction of sp³-hybridized carbons (Fsp3) is 1.00. The second-order valence-corrected chi connectivity index (χ2v) is 4.83. The molecule has 0 saturated carbocycles. The minimum Gasteiger partial charge on any atom is -0.352 e. The zero-order valence-corrected chi connectivity index (χ0v) is 12.9. The lowest BCUT2D eigenvalue weighted by Crippen LogP contribution is -2.32. The molecular formula is C14H32N2O2. The summed E-state index contributed by atoms with van der Waals surface area (Å²) in [5, 5.41) is 3.39. The normalized spacial score (nSPS) is 12.0. The summed E-state index contributed by atoms with van der Waals surface area (Å²) in [5.41, 5.74) is 0. The van der Waals surface area contributed by atoms with Crippen molar-refractivity contribution in [3.05, 3.63) is 0 Å². The summed E-state index contributed by atoms with van der Waals surface area (Å²) in [7, 11) is 2.18. The van der Waals surface area contributed by atoms with Gasteiger partial charge in [0.15, 0.2) is 6.29 Å². The summed E-state index contributed by atoms with van der Waals surface area (Å²) < 4.78 is 10.9. The van der Waals surface area contributed by atoms with E-state index in [9.17, 15) is 0 Å². The molecule has 0 aromatic carbocycles. The highest BCUT2D eigenvalue weighted by molar-refractivity contribution is 4.58. The van der Waals surface area contributed by atoms with Gasteiger partial charge in [-0.3, -0.25) is 0 Å². The lowest BCUT2D eigenvalue weighted by atomic mass is 10.2. The molecule has 0 radical (unpaired) electrons. The molecule has 110 valence electrons. The van der Waals surface area contributed by atoms with Crippen LogP contribution in [-0.4, -0.2) is 57.1 Å². The molecule has 0 saturated heterocycles. The van der Waals surface area contributed by atoms with Crippen LogP contribution in [0.5, 0.6) is 0 Å². The van der Waals surface area contributed by atoms with Gasteiger partial charge in [0.2, 0.25) is 0 Å². The van der Waals surface area contributed by atoms with Crippen molar-refractivity contribution >= 4 is 0 Å². The third-order valence-corrected chi connectivity index (χ3v) is 3.01. The van der Waals surface area contributed by atoms with Gasteiger partial charge in [0.05, 0.1) is 0 Å². The quantitative estimate of drug-likeness (QED) is 0.430. The minimum atomic E-state index is -0.0988. The number of nitrogens with zero attached hydrogens (tertiary/aromatic N) is 1. The Hall–Kier alpha value is -0.160. The molecule has 0 aromatic heterocycles. The maximum Gasteiger partial charge on any atom is 0.169 e. The van der Waals surface area contributed by atoms with E-state index in [0.29, 0.717) is 19.3 Å². The van der Waals surface area contributed by atoms with Gasteiger partial charge in [-0.1, -0.05) is 0 Å². The van der Waals surface area contributed by atoms with Crippen LogP contribution in [0, 0.1) is 0 Å². The predicted molar refractivity (Wildman–Crippen MR) is 76.9 cm³/mol. The lowest BCUT2D eigenvalue weighted by molar-refractivity contribution is -0.132. The Bertz CT molecular complexity index is 171. The molecule has 0 bridgehead atoms. The first-order valence-corrected chi connectivity index (χ1v) is 7.25. The average molecular weight is 260 g/mol. The van der Waals surface area contributed by atoms with Crippen molar-refractivity contribution in [1.29, 1.82) is 0 Å². The van der Waals surface area contributed by atoms with Crippen LogP contribution in [0.25, 0.3) is 0 Å². The molecule has 0 aliphatic heterocycles. The number of hydrogen-bond acceptors (Lipinski definition) is 4. The highest BCUT2D eigenvalue weighted by atomic mass is 16.7. The Balaban J connectivity index is 3.42. The zero-order valence-electron chi connectivity index (χ0n) is 12.9. The average Bonchev–Trinajstić information content (AvgIpc) is 2.33. The molecule has 1 N–H and O–H groups in total. The topological polar surface area (TPSA) is 33.7 Å². The summed E-state index contributed by atoms with van der Waals surface area (Å²) in [6.07, 6.45) is 2.33. The lowest BCUT2D eigenvalue weighted by Gasteiger charge is -2.21. The molecule has 4 nitrogen and oxygen atoms in total. The van der Waals surface area contributed by atoms with Gasteiger partial charge in [0, 0.05) is 25.8 Å². The summed E-state index contributed by atoms with van der Waals surface area (Å²) in [6.45, 7) is 12.8. The zero-order chi connectivity index (χ0) is 13.8. The van der Waals surface area contributed by atoms with Crippen molar-refractivity contribution in [1.82, 2.24) is 10.2 Å². The Labute approximate surface area is 113 Å². The molecular weight excluding hydrogens is 228 g/mol. The Morgan fingerprint density at radius 3 is 2.17 bits per heavy atom. The van der Waals surface area contributed by atoms with E-state index in [0.717, 1.165) is 13.1 Å². The highest BCUT2D eigenvalue weighted by Crippen LogP contribution is 1.98. The fourth-order valence-corrected chi connectivity index (χ4v) is 1.63. The highest BCUT2D eigenvalue weighted by Gasteiger charge is 2.06. The van der Waals surface area contributed by atoms with Crippen molar-refractivity contribution in [3.8, 4) is 0 Å². The fourth-order valence-electron chi connectivity index (χ4n) is 1.63. The van der Waals surface area contributed by atoms with E-state index in [4.69, 9.17) is 9.47 Å². The summed E-state index contributed by atoms with van der Waals surface area (Å²) in [6, 6.07) is 0.637. The largest absolute Gasteiger partial charge is 0.352 e. The van der Waals surface area contributed by atoms with Crippen molar-refractivity contribution < 1.29 is 9.47 Å². The molecule has 0 aliphatic rings. The monoisotopic (exact) mass is 260 g/mol. The third-order valence-electron chi connectivity index (χ3n) is 3.01. The first-order chi connectivity index (χ1) is 8.61. The molecule has 0 aromatic rings. The molecule has 0 heterocycles. The second kappa shape index (κ2) is 11.9. The van der Waals surface area contributed by atoms with Crippen molar-refractivity contribution in [3.63, 3.8) is 0 Å². The van der Waals surface area contributed by atoms with Crippen LogP contribution in [0.3, 0.4) is 0 Å². The Morgan fingerprint density at radius 2 is 1.67 bits per heavy atom. The predicted octanol–water partition coefficient (Wildman–Crippen LogP) is 2.10. The SMILES string of the molecule is CCOC(CNCCCCN(C)C(C)C)OCC. The molecule has 0 fully saturated rings. The van der Waals surface area contributed by atoms with E-state index < -0.39 is 0 Å². The van der Waals surface area contributed by atoms with Gasteiger partial charge in [0.1, 0.15) is 0 Å². The first-order valence-electron chi connectivity index (χ1n) is 7.25. The number of nitrogens with one attached hydrogen (secondary N) is 1. The van der Waals surface area contributed by atoms with Crippen molar-refractivity contribution in [2.45, 2.75) is 52.9 Å². The summed E-state index contributed by atoms with van der Waals surface area (Å²) in [4.78, 5) is 2.38. The summed E-state index contributed by atoms with van der Waals surface area (Å²) >= 11 is 0. The molecule has 0 spiro atoms. The van der Waals surface area contributed by atoms with Crippen LogP contribution >= 0.6 is 0 Å². The van der Waals surface area contributed by atoms with Gasteiger partial charge in [-0.25, -0.2) is 0 Å². The van der Waals surface area contributed by atoms with E-state index >= 15 is 0 Å². The maximum atomic E-state index is 5.47. The van der Waals surface area contributed by atoms with Crippen LogP contribution in [0.2, 0.25) is 0 Å². The smallest absolute Gasteiger partial charge is 0.169 e. The molecule has 0 aliphatic carbocycles. The maximum absolute atomic E-state index is 5.47. The van der Waals surface area contributed by atoms with Crippen LogP contribution in [0.4, 0.5) is 0 Å². The van der Waals surface area contributed by atoms with Gasteiger partial charge >= 0.3 is 0 Å². The first kappa shape index (κ1) is 17.8. The van der Waals surface area contributed by atoms with Crippen molar-refractivity contribution in [2.75, 3.05) is 39.9 Å². The molecule has 0 atom stereocenters. The molecule has 0 rings (SSSR count). The van der Waals surface area contributed by atoms with Crippen LogP contribution < -0.4 is 5.32 Å². The van der Waals surface area contributed by atoms with E-state index in [1.54, 1.807) is 0 Å². The number of ether oxygens (including phenoxy) is 2.